The Morgan fingerprint density at radius 2 is 1.91 bits per heavy atom. The number of hydrogen-bond acceptors (Lipinski definition) is 5. The van der Waals surface area contributed by atoms with Crippen molar-refractivity contribution in [3.8, 4) is 16.9 Å². The van der Waals surface area contributed by atoms with Gasteiger partial charge in [-0.2, -0.15) is 5.10 Å². The molecule has 0 unspecified atom stereocenters. The number of aryl methyl sites for hydroxylation is 2. The van der Waals surface area contributed by atoms with Crippen LogP contribution in [0.3, 0.4) is 0 Å². The quantitative estimate of drug-likeness (QED) is 0.563. The van der Waals surface area contributed by atoms with Gasteiger partial charge < -0.3 is 20.3 Å². The molecular weight excluding hydrogens is 418 g/mol. The van der Waals surface area contributed by atoms with Crippen LogP contribution in [0.4, 0.5) is 0 Å². The third-order valence-electron chi connectivity index (χ3n) is 6.43. The molecule has 1 aromatic heterocycles. The van der Waals surface area contributed by atoms with Crippen LogP contribution >= 0.6 is 0 Å². The van der Waals surface area contributed by atoms with Crippen LogP contribution in [0.1, 0.15) is 32.9 Å². The first kappa shape index (κ1) is 20.8. The summed E-state index contributed by atoms with van der Waals surface area (Å²) in [6.07, 6.45) is 0. The van der Waals surface area contributed by atoms with Crippen molar-refractivity contribution in [2.45, 2.75) is 25.9 Å². The van der Waals surface area contributed by atoms with Crippen molar-refractivity contribution in [3.63, 3.8) is 0 Å². The van der Waals surface area contributed by atoms with Crippen LogP contribution < -0.4 is 15.4 Å². The molecule has 0 aliphatic carbocycles. The van der Waals surface area contributed by atoms with Crippen molar-refractivity contribution in [3.05, 3.63) is 82.9 Å². The first-order chi connectivity index (χ1) is 15.8. The molecule has 2 aliphatic heterocycles. The zero-order valence-corrected chi connectivity index (χ0v) is 18.8. The number of benzene rings is 2. The maximum Gasteiger partial charge on any atom is 0.257 e. The highest BCUT2D eigenvalue weighted by Gasteiger charge is 2.48. The fourth-order valence-corrected chi connectivity index (χ4v) is 4.77. The van der Waals surface area contributed by atoms with E-state index in [1.165, 1.54) is 0 Å². The molecule has 2 amide bonds. The largest absolute Gasteiger partial charge is 0.497 e. The Balaban J connectivity index is 1.49. The van der Waals surface area contributed by atoms with E-state index in [0.29, 0.717) is 23.7 Å². The van der Waals surface area contributed by atoms with Crippen molar-refractivity contribution in [2.24, 2.45) is 0 Å². The highest BCUT2D eigenvalue weighted by Crippen LogP contribution is 2.34. The molecule has 0 bridgehead atoms. The smallest absolute Gasteiger partial charge is 0.257 e. The summed E-state index contributed by atoms with van der Waals surface area (Å²) in [4.78, 5) is 28.1. The zero-order valence-electron chi connectivity index (χ0n) is 18.8. The average molecular weight is 444 g/mol. The molecule has 8 heteroatoms. The van der Waals surface area contributed by atoms with Crippen LogP contribution in [0.5, 0.6) is 5.75 Å². The minimum Gasteiger partial charge on any atom is -0.497 e. The molecule has 0 radical (unpaired) electrons. The molecule has 3 heterocycles. The molecule has 3 aromatic rings. The lowest BCUT2D eigenvalue weighted by atomic mass is 9.87. The Bertz CT molecular complexity index is 1270. The molecule has 2 aliphatic rings. The fraction of sp³-hybridized carbons (Fsp3) is 0.240. The maximum absolute atomic E-state index is 13.2. The first-order valence-electron chi connectivity index (χ1n) is 10.7. The Kier molecular flexibility index (Phi) is 4.74. The molecule has 0 spiro atoms. The number of amides is 2. The van der Waals surface area contributed by atoms with E-state index < -0.39 is 5.54 Å². The van der Waals surface area contributed by atoms with E-state index in [1.54, 1.807) is 18.1 Å². The summed E-state index contributed by atoms with van der Waals surface area (Å²) >= 11 is 0. The number of fused-ring (bicyclic) bond motifs is 1. The number of nitrogens with zero attached hydrogens (tertiary/aromatic N) is 2. The van der Waals surface area contributed by atoms with E-state index >= 15 is 0 Å². The monoisotopic (exact) mass is 443 g/mol. The molecule has 8 nitrogen and oxygen atoms in total. The van der Waals surface area contributed by atoms with Gasteiger partial charge in [0.1, 0.15) is 5.75 Å². The molecule has 3 N–H and O–H groups in total. The molecule has 0 saturated carbocycles. The molecule has 1 atom stereocenters. The number of H-pyrrole nitrogens is 1. The summed E-state index contributed by atoms with van der Waals surface area (Å²) in [5.74, 6) is 0.676. The summed E-state index contributed by atoms with van der Waals surface area (Å²) in [6.45, 7) is 8.41. The third kappa shape index (κ3) is 3.26. The highest BCUT2D eigenvalue weighted by atomic mass is 16.5. The van der Waals surface area contributed by atoms with E-state index in [4.69, 9.17) is 4.74 Å². The number of aromatic nitrogens is 2. The van der Waals surface area contributed by atoms with Crippen LogP contribution in [0.15, 0.2) is 54.9 Å². The van der Waals surface area contributed by atoms with Crippen molar-refractivity contribution < 1.29 is 14.3 Å². The Labute approximate surface area is 191 Å². The molecule has 1 saturated heterocycles. The van der Waals surface area contributed by atoms with Gasteiger partial charge in [0.2, 0.25) is 0 Å². The number of aromatic amines is 1. The van der Waals surface area contributed by atoms with Gasteiger partial charge in [-0.15, -0.1) is 0 Å². The lowest BCUT2D eigenvalue weighted by Crippen LogP contribution is -2.52. The summed E-state index contributed by atoms with van der Waals surface area (Å²) in [7, 11) is 1.57. The number of carbonyl (C=O) groups excluding carboxylic acids is 2. The van der Waals surface area contributed by atoms with Crippen molar-refractivity contribution in [1.29, 1.82) is 0 Å². The van der Waals surface area contributed by atoms with Gasteiger partial charge in [-0.1, -0.05) is 36.9 Å². The standard InChI is InChI=1S/C25H25N5O3/c1-14-22(15(2)29-28-14)17-5-8-19(9-6-17)25(24(32)26-16(3)27-25)13-30-12-18-7-10-20(33-4)11-21(18)23(30)31/h5-11,27H,3,12-13H2,1-2,4H3,(H,26,32)(H,28,29)/t25-/m0/s1. The molecule has 5 rings (SSSR count). The van der Waals surface area contributed by atoms with Gasteiger partial charge in [-0.25, -0.2) is 0 Å². The third-order valence-corrected chi connectivity index (χ3v) is 6.43. The van der Waals surface area contributed by atoms with Gasteiger partial charge in [-0.05, 0) is 42.7 Å². The van der Waals surface area contributed by atoms with E-state index in [-0.39, 0.29) is 18.4 Å². The van der Waals surface area contributed by atoms with E-state index in [0.717, 1.165) is 33.6 Å². The molecule has 1 fully saturated rings. The number of ether oxygens (including phenoxy) is 1. The second-order valence-corrected chi connectivity index (χ2v) is 8.53. The topological polar surface area (TPSA) is 99.3 Å². The minimum atomic E-state index is -1.14. The van der Waals surface area contributed by atoms with Crippen LogP contribution in [-0.4, -0.2) is 40.6 Å². The van der Waals surface area contributed by atoms with E-state index in [9.17, 15) is 9.59 Å². The minimum absolute atomic E-state index is 0.128. The second-order valence-electron chi connectivity index (χ2n) is 8.53. The van der Waals surface area contributed by atoms with Crippen LogP contribution in [-0.2, 0) is 16.9 Å². The summed E-state index contributed by atoms with van der Waals surface area (Å²) < 4.78 is 5.27. The van der Waals surface area contributed by atoms with Crippen LogP contribution in [0.25, 0.3) is 11.1 Å². The fourth-order valence-electron chi connectivity index (χ4n) is 4.77. The molecule has 168 valence electrons. The SMILES string of the molecule is C=C1NC(=O)[C@](CN2Cc3ccc(OC)cc3C2=O)(c2ccc(-c3c(C)n[nH]c3C)cc2)N1. The lowest BCUT2D eigenvalue weighted by Gasteiger charge is -2.32. The number of nitrogens with one attached hydrogen (secondary N) is 3. The Morgan fingerprint density at radius 1 is 1.15 bits per heavy atom. The second kappa shape index (κ2) is 7.51. The summed E-state index contributed by atoms with van der Waals surface area (Å²) in [5, 5.41) is 13.3. The van der Waals surface area contributed by atoms with Crippen LogP contribution in [0, 0.1) is 13.8 Å². The first-order valence-corrected chi connectivity index (χ1v) is 10.7. The van der Waals surface area contributed by atoms with Gasteiger partial charge >= 0.3 is 0 Å². The summed E-state index contributed by atoms with van der Waals surface area (Å²) in [6, 6.07) is 13.3. The Hall–Kier alpha value is -4.07. The number of rotatable bonds is 5. The zero-order chi connectivity index (χ0) is 23.3. The normalized spacial score (nSPS) is 19.5. The summed E-state index contributed by atoms with van der Waals surface area (Å²) in [5.41, 5.74) is 5.07. The number of carbonyl (C=O) groups is 2. The average Bonchev–Trinajstić information content (AvgIpc) is 3.41. The predicted molar refractivity (Wildman–Crippen MR) is 123 cm³/mol. The number of hydrogen-bond donors (Lipinski definition) is 3. The van der Waals surface area contributed by atoms with Gasteiger partial charge in [0.05, 0.1) is 25.2 Å². The van der Waals surface area contributed by atoms with Crippen LogP contribution in [0.2, 0.25) is 0 Å². The molecule has 33 heavy (non-hydrogen) atoms. The van der Waals surface area contributed by atoms with E-state index in [2.05, 4.69) is 27.4 Å². The van der Waals surface area contributed by atoms with Gasteiger partial charge in [0.25, 0.3) is 11.8 Å². The Morgan fingerprint density at radius 3 is 2.52 bits per heavy atom. The predicted octanol–water partition coefficient (Wildman–Crippen LogP) is 2.74. The van der Waals surface area contributed by atoms with Gasteiger partial charge in [0, 0.05) is 23.4 Å². The van der Waals surface area contributed by atoms with Crippen molar-refractivity contribution in [1.82, 2.24) is 25.7 Å². The van der Waals surface area contributed by atoms with Gasteiger partial charge in [-0.3, -0.25) is 14.7 Å². The molecular formula is C25H25N5O3. The van der Waals surface area contributed by atoms with Crippen molar-refractivity contribution in [2.75, 3.05) is 13.7 Å². The lowest BCUT2D eigenvalue weighted by molar-refractivity contribution is -0.124. The van der Waals surface area contributed by atoms with Gasteiger partial charge in [0.15, 0.2) is 5.54 Å². The molecule has 2 aromatic carbocycles. The highest BCUT2D eigenvalue weighted by molar-refractivity contribution is 6.00. The maximum atomic E-state index is 13.2. The number of methoxy groups -OCH3 is 1. The van der Waals surface area contributed by atoms with E-state index in [1.807, 2.05) is 50.2 Å². The van der Waals surface area contributed by atoms with Crippen molar-refractivity contribution >= 4 is 11.8 Å².